The third-order valence-corrected chi connectivity index (χ3v) is 6.64. The van der Waals surface area contributed by atoms with Crippen molar-refractivity contribution in [1.82, 2.24) is 9.88 Å². The largest absolute Gasteiger partial charge is 0.505 e. The highest BCUT2D eigenvalue weighted by Crippen LogP contribution is 2.51. The van der Waals surface area contributed by atoms with Gasteiger partial charge in [0.05, 0.1) is 12.2 Å². The SMILES string of the molecule is CCOC(=O)C1=CN(C2C(c3cc(O)c(Cl)nc3I)CCC2(C)C)C=CC1O. The van der Waals surface area contributed by atoms with Gasteiger partial charge in [0, 0.05) is 24.4 Å². The van der Waals surface area contributed by atoms with Crippen LogP contribution in [0.2, 0.25) is 5.15 Å². The summed E-state index contributed by atoms with van der Waals surface area (Å²) in [6.45, 7) is 6.35. The monoisotopic (exact) mass is 518 g/mol. The Morgan fingerprint density at radius 3 is 2.89 bits per heavy atom. The molecule has 3 atom stereocenters. The van der Waals surface area contributed by atoms with Gasteiger partial charge in [-0.1, -0.05) is 25.4 Å². The molecule has 6 nitrogen and oxygen atoms in total. The van der Waals surface area contributed by atoms with Crippen molar-refractivity contribution in [2.75, 3.05) is 6.61 Å². The van der Waals surface area contributed by atoms with Crippen LogP contribution in [0.3, 0.4) is 0 Å². The maximum atomic E-state index is 12.2. The molecular weight excluding hydrogens is 495 g/mol. The van der Waals surface area contributed by atoms with Crippen LogP contribution in [0.15, 0.2) is 30.1 Å². The normalized spacial score (nSPS) is 26.3. The van der Waals surface area contributed by atoms with Crippen LogP contribution in [-0.4, -0.2) is 44.8 Å². The number of aromatic nitrogens is 1. The number of aliphatic hydroxyl groups excluding tert-OH is 1. The first-order valence-electron chi connectivity index (χ1n) is 9.23. The molecule has 8 heteroatoms. The van der Waals surface area contributed by atoms with Crippen molar-refractivity contribution in [3.63, 3.8) is 0 Å². The lowest BCUT2D eigenvalue weighted by atomic mass is 9.81. The molecule has 152 valence electrons. The maximum Gasteiger partial charge on any atom is 0.338 e. The van der Waals surface area contributed by atoms with Gasteiger partial charge in [-0.2, -0.15) is 0 Å². The number of pyridine rings is 1. The number of aliphatic hydroxyl groups is 1. The summed E-state index contributed by atoms with van der Waals surface area (Å²) in [5.74, 6) is -0.470. The Morgan fingerprint density at radius 2 is 2.21 bits per heavy atom. The molecule has 3 rings (SSSR count). The topological polar surface area (TPSA) is 82.9 Å². The van der Waals surface area contributed by atoms with Crippen molar-refractivity contribution in [2.24, 2.45) is 5.41 Å². The number of rotatable bonds is 4. The lowest BCUT2D eigenvalue weighted by molar-refractivity contribution is -0.139. The number of esters is 1. The lowest BCUT2D eigenvalue weighted by Crippen LogP contribution is -2.42. The fourth-order valence-electron chi connectivity index (χ4n) is 4.17. The summed E-state index contributed by atoms with van der Waals surface area (Å²) in [6, 6.07) is 1.70. The average molecular weight is 519 g/mol. The molecule has 1 aromatic rings. The number of aromatic hydroxyl groups is 1. The molecule has 2 N–H and O–H groups in total. The van der Waals surface area contributed by atoms with E-state index in [9.17, 15) is 15.0 Å². The molecule has 0 radical (unpaired) electrons. The van der Waals surface area contributed by atoms with E-state index in [0.717, 1.165) is 22.1 Å². The Kier molecular flexibility index (Phi) is 6.26. The van der Waals surface area contributed by atoms with Gasteiger partial charge in [0.1, 0.15) is 9.80 Å². The number of carbonyl (C=O) groups is 1. The molecule has 1 aliphatic heterocycles. The Labute approximate surface area is 183 Å². The van der Waals surface area contributed by atoms with E-state index in [4.69, 9.17) is 16.3 Å². The predicted molar refractivity (Wildman–Crippen MR) is 115 cm³/mol. The molecule has 1 aromatic heterocycles. The first kappa shape index (κ1) is 21.4. The van der Waals surface area contributed by atoms with Gasteiger partial charge in [-0.3, -0.25) is 0 Å². The average Bonchev–Trinajstić information content (AvgIpc) is 2.94. The van der Waals surface area contributed by atoms with Crippen LogP contribution in [-0.2, 0) is 9.53 Å². The molecular formula is C20H24ClIN2O4. The maximum absolute atomic E-state index is 12.2. The van der Waals surface area contributed by atoms with Crippen LogP contribution in [0.5, 0.6) is 5.75 Å². The van der Waals surface area contributed by atoms with Crippen molar-refractivity contribution >= 4 is 40.2 Å². The molecule has 1 saturated carbocycles. The predicted octanol–water partition coefficient (Wildman–Crippen LogP) is 3.95. The quantitative estimate of drug-likeness (QED) is 0.357. The van der Waals surface area contributed by atoms with E-state index >= 15 is 0 Å². The van der Waals surface area contributed by atoms with Crippen molar-refractivity contribution in [1.29, 1.82) is 0 Å². The van der Waals surface area contributed by atoms with Crippen LogP contribution >= 0.6 is 34.2 Å². The van der Waals surface area contributed by atoms with E-state index < -0.39 is 12.1 Å². The summed E-state index contributed by atoms with van der Waals surface area (Å²) >= 11 is 8.10. The highest BCUT2D eigenvalue weighted by molar-refractivity contribution is 14.1. The van der Waals surface area contributed by atoms with Gasteiger partial charge in [-0.15, -0.1) is 0 Å². The molecule has 0 spiro atoms. The zero-order valence-electron chi connectivity index (χ0n) is 16.0. The van der Waals surface area contributed by atoms with E-state index in [1.54, 1.807) is 25.3 Å². The summed E-state index contributed by atoms with van der Waals surface area (Å²) in [7, 11) is 0. The zero-order valence-corrected chi connectivity index (χ0v) is 18.9. The van der Waals surface area contributed by atoms with E-state index in [2.05, 4.69) is 41.4 Å². The van der Waals surface area contributed by atoms with Gasteiger partial charge in [0.2, 0.25) is 0 Å². The molecule has 0 aromatic carbocycles. The van der Waals surface area contributed by atoms with Crippen LogP contribution in [0.1, 0.15) is 45.1 Å². The molecule has 0 bridgehead atoms. The minimum absolute atomic E-state index is 0.0107. The lowest BCUT2D eigenvalue weighted by Gasteiger charge is -2.40. The Balaban J connectivity index is 2.01. The highest BCUT2D eigenvalue weighted by atomic mass is 127. The molecule has 1 aliphatic carbocycles. The molecule has 0 amide bonds. The molecule has 3 unspecified atom stereocenters. The van der Waals surface area contributed by atoms with E-state index in [-0.39, 0.29) is 40.5 Å². The first-order chi connectivity index (χ1) is 13.2. The van der Waals surface area contributed by atoms with Crippen molar-refractivity contribution < 1.29 is 19.7 Å². The number of ether oxygens (including phenoxy) is 1. The third-order valence-electron chi connectivity index (χ3n) is 5.50. The minimum Gasteiger partial charge on any atom is -0.505 e. The standard InChI is InChI=1S/C20H24ClIN2O4/c1-4-28-19(27)13-10-24(8-6-14(13)25)16-11(5-7-20(16,2)3)12-9-15(26)17(21)23-18(12)22/h6,8-11,14,16,25-26H,4-5,7H2,1-3H3. The van der Waals surface area contributed by atoms with E-state index in [1.807, 2.05) is 11.1 Å². The zero-order chi connectivity index (χ0) is 20.6. The Morgan fingerprint density at radius 1 is 1.50 bits per heavy atom. The smallest absolute Gasteiger partial charge is 0.338 e. The second-order valence-electron chi connectivity index (χ2n) is 7.80. The van der Waals surface area contributed by atoms with E-state index in [0.29, 0.717) is 0 Å². The minimum atomic E-state index is -0.986. The number of nitrogens with zero attached hydrogens (tertiary/aromatic N) is 2. The molecule has 0 saturated heterocycles. The summed E-state index contributed by atoms with van der Waals surface area (Å²) in [5, 5.41) is 20.4. The van der Waals surface area contributed by atoms with Gasteiger partial charge in [0.25, 0.3) is 0 Å². The van der Waals surface area contributed by atoms with Crippen molar-refractivity contribution in [2.45, 2.75) is 51.7 Å². The van der Waals surface area contributed by atoms with Crippen molar-refractivity contribution in [3.8, 4) is 5.75 Å². The second-order valence-corrected chi connectivity index (χ2v) is 9.18. The van der Waals surface area contributed by atoms with Crippen LogP contribution in [0, 0.1) is 9.12 Å². The molecule has 2 heterocycles. The van der Waals surface area contributed by atoms with Gasteiger partial charge < -0.3 is 19.8 Å². The summed E-state index contributed by atoms with van der Waals surface area (Å²) < 4.78 is 5.84. The van der Waals surface area contributed by atoms with Crippen molar-refractivity contribution in [3.05, 3.63) is 44.5 Å². The first-order valence-corrected chi connectivity index (χ1v) is 10.7. The third kappa shape index (κ3) is 4.02. The number of hydrogen-bond acceptors (Lipinski definition) is 6. The fraction of sp³-hybridized carbons (Fsp3) is 0.500. The van der Waals surface area contributed by atoms with E-state index in [1.165, 1.54) is 0 Å². The van der Waals surface area contributed by atoms with Gasteiger partial charge >= 0.3 is 5.97 Å². The number of hydrogen-bond donors (Lipinski definition) is 2. The fourth-order valence-corrected chi connectivity index (χ4v) is 5.25. The molecule has 28 heavy (non-hydrogen) atoms. The summed E-state index contributed by atoms with van der Waals surface area (Å²) in [5.41, 5.74) is 1.09. The van der Waals surface area contributed by atoms with Gasteiger partial charge in [-0.05, 0) is 65.5 Å². The summed E-state index contributed by atoms with van der Waals surface area (Å²) in [4.78, 5) is 18.5. The van der Waals surface area contributed by atoms with Crippen LogP contribution in [0.25, 0.3) is 0 Å². The second kappa shape index (κ2) is 8.20. The molecule has 1 fully saturated rings. The van der Waals surface area contributed by atoms with Gasteiger partial charge in [0.15, 0.2) is 10.9 Å². The summed E-state index contributed by atoms with van der Waals surface area (Å²) in [6.07, 6.45) is 5.99. The highest BCUT2D eigenvalue weighted by Gasteiger charge is 2.46. The van der Waals surface area contributed by atoms with Crippen LogP contribution in [0.4, 0.5) is 0 Å². The Bertz CT molecular complexity index is 840. The van der Waals surface area contributed by atoms with Gasteiger partial charge in [-0.25, -0.2) is 9.78 Å². The Hall–Kier alpha value is -1.32. The molecule has 2 aliphatic rings. The number of halogens is 2. The number of carbonyl (C=O) groups excluding carboxylic acids is 1. The van der Waals surface area contributed by atoms with Crippen LogP contribution < -0.4 is 0 Å².